The third kappa shape index (κ3) is 4.37. The largest absolute Gasteiger partial charge is 0.477 e. The lowest BCUT2D eigenvalue weighted by Crippen LogP contribution is -2.02. The Kier molecular flexibility index (Phi) is 6.19. The van der Waals surface area contributed by atoms with Crippen LogP contribution in [-0.4, -0.2) is 11.6 Å². The van der Waals surface area contributed by atoms with Gasteiger partial charge in [0.2, 0.25) is 5.88 Å². The molecule has 0 saturated carbocycles. The average molecular weight is 243 g/mol. The molecule has 1 aromatic rings. The number of halogens is 1. The predicted molar refractivity (Wildman–Crippen MR) is 66.8 cm³/mol. The van der Waals surface area contributed by atoms with E-state index in [0.717, 1.165) is 12.0 Å². The molecular formula is C12H19ClN2O. The molecule has 0 aliphatic heterocycles. The maximum absolute atomic E-state index is 6.01. The monoisotopic (exact) mass is 242 g/mol. The fourth-order valence-electron chi connectivity index (χ4n) is 1.38. The van der Waals surface area contributed by atoms with Gasteiger partial charge in [-0.3, -0.25) is 0 Å². The van der Waals surface area contributed by atoms with Crippen LogP contribution in [0.3, 0.4) is 0 Å². The first kappa shape index (κ1) is 13.3. The average Bonchev–Trinajstić information content (AvgIpc) is 2.30. The Hall–Kier alpha value is -0.800. The molecule has 0 amide bonds. The summed E-state index contributed by atoms with van der Waals surface area (Å²) in [6.45, 7) is 3.31. The van der Waals surface area contributed by atoms with Crippen molar-refractivity contribution in [2.45, 2.75) is 39.2 Å². The lowest BCUT2D eigenvalue weighted by Gasteiger charge is -2.07. The molecule has 90 valence electrons. The highest BCUT2D eigenvalue weighted by molar-refractivity contribution is 6.31. The minimum absolute atomic E-state index is 0.448. The SMILES string of the molecule is CCCCCCOc1ncc(CN)cc1Cl. The van der Waals surface area contributed by atoms with E-state index in [1.165, 1.54) is 19.3 Å². The Morgan fingerprint density at radius 2 is 2.19 bits per heavy atom. The summed E-state index contributed by atoms with van der Waals surface area (Å²) in [5.41, 5.74) is 6.40. The summed E-state index contributed by atoms with van der Waals surface area (Å²) in [6, 6.07) is 1.80. The van der Waals surface area contributed by atoms with Crippen LogP contribution in [0, 0.1) is 0 Å². The Labute approximate surface area is 102 Å². The molecule has 0 fully saturated rings. The van der Waals surface area contributed by atoms with Gasteiger partial charge in [0.05, 0.1) is 6.61 Å². The Balaban J connectivity index is 2.36. The first-order chi connectivity index (χ1) is 7.77. The van der Waals surface area contributed by atoms with E-state index in [1.54, 1.807) is 12.3 Å². The molecule has 0 aromatic carbocycles. The molecule has 0 aliphatic carbocycles. The molecular weight excluding hydrogens is 224 g/mol. The molecule has 0 radical (unpaired) electrons. The van der Waals surface area contributed by atoms with Gasteiger partial charge in [0.1, 0.15) is 5.02 Å². The van der Waals surface area contributed by atoms with Crippen molar-refractivity contribution in [1.82, 2.24) is 4.98 Å². The summed E-state index contributed by atoms with van der Waals surface area (Å²) >= 11 is 6.01. The van der Waals surface area contributed by atoms with Crippen molar-refractivity contribution in [1.29, 1.82) is 0 Å². The first-order valence-electron chi connectivity index (χ1n) is 5.75. The minimum Gasteiger partial charge on any atom is -0.477 e. The van der Waals surface area contributed by atoms with Crippen LogP contribution in [0.25, 0.3) is 0 Å². The molecule has 16 heavy (non-hydrogen) atoms. The zero-order chi connectivity index (χ0) is 11.8. The smallest absolute Gasteiger partial charge is 0.232 e. The van der Waals surface area contributed by atoms with Crippen molar-refractivity contribution in [3.05, 3.63) is 22.8 Å². The highest BCUT2D eigenvalue weighted by Crippen LogP contribution is 2.22. The van der Waals surface area contributed by atoms with E-state index >= 15 is 0 Å². The van der Waals surface area contributed by atoms with Crippen LogP contribution in [0.4, 0.5) is 0 Å². The molecule has 3 nitrogen and oxygen atoms in total. The third-order valence-corrected chi connectivity index (χ3v) is 2.61. The molecule has 4 heteroatoms. The molecule has 1 aromatic heterocycles. The highest BCUT2D eigenvalue weighted by Gasteiger charge is 2.03. The van der Waals surface area contributed by atoms with Gasteiger partial charge in [-0.1, -0.05) is 37.8 Å². The van der Waals surface area contributed by atoms with Crippen LogP contribution in [0.5, 0.6) is 5.88 Å². The summed E-state index contributed by atoms with van der Waals surface area (Å²) < 4.78 is 5.50. The van der Waals surface area contributed by atoms with Gasteiger partial charge in [-0.15, -0.1) is 0 Å². The number of aromatic nitrogens is 1. The van der Waals surface area contributed by atoms with Crippen LogP contribution < -0.4 is 10.5 Å². The number of nitrogens with two attached hydrogens (primary N) is 1. The van der Waals surface area contributed by atoms with Gasteiger partial charge < -0.3 is 10.5 Å². The third-order valence-electron chi connectivity index (χ3n) is 2.34. The van der Waals surface area contributed by atoms with Gasteiger partial charge in [0.25, 0.3) is 0 Å². The van der Waals surface area contributed by atoms with Crippen LogP contribution in [0.1, 0.15) is 38.2 Å². The summed E-state index contributed by atoms with van der Waals surface area (Å²) in [7, 11) is 0. The lowest BCUT2D eigenvalue weighted by atomic mass is 10.2. The fraction of sp³-hybridized carbons (Fsp3) is 0.583. The number of nitrogens with zero attached hydrogens (tertiary/aromatic N) is 1. The Morgan fingerprint density at radius 1 is 1.38 bits per heavy atom. The van der Waals surface area contributed by atoms with Crippen molar-refractivity contribution in [3.8, 4) is 5.88 Å². The van der Waals surface area contributed by atoms with Gasteiger partial charge >= 0.3 is 0 Å². The lowest BCUT2D eigenvalue weighted by molar-refractivity contribution is 0.294. The quantitative estimate of drug-likeness (QED) is 0.748. The first-order valence-corrected chi connectivity index (χ1v) is 6.13. The number of ether oxygens (including phenoxy) is 1. The molecule has 1 heterocycles. The van der Waals surface area contributed by atoms with Gasteiger partial charge in [-0.25, -0.2) is 4.98 Å². The van der Waals surface area contributed by atoms with E-state index in [0.29, 0.717) is 24.1 Å². The van der Waals surface area contributed by atoms with E-state index in [2.05, 4.69) is 11.9 Å². The predicted octanol–water partition coefficient (Wildman–Crippen LogP) is 3.15. The van der Waals surface area contributed by atoms with E-state index in [-0.39, 0.29) is 0 Å². The van der Waals surface area contributed by atoms with Gasteiger partial charge in [0.15, 0.2) is 0 Å². The second-order valence-electron chi connectivity index (χ2n) is 3.74. The molecule has 0 spiro atoms. The molecule has 0 atom stereocenters. The summed E-state index contributed by atoms with van der Waals surface area (Å²) in [5, 5.41) is 0.540. The van der Waals surface area contributed by atoms with Crippen LogP contribution >= 0.6 is 11.6 Å². The number of hydrogen-bond donors (Lipinski definition) is 1. The second kappa shape index (κ2) is 7.47. The zero-order valence-electron chi connectivity index (χ0n) is 9.71. The molecule has 1 rings (SSSR count). The number of hydrogen-bond acceptors (Lipinski definition) is 3. The maximum Gasteiger partial charge on any atom is 0.232 e. The number of rotatable bonds is 7. The Morgan fingerprint density at radius 3 is 2.81 bits per heavy atom. The van der Waals surface area contributed by atoms with E-state index < -0.39 is 0 Å². The second-order valence-corrected chi connectivity index (χ2v) is 4.15. The number of pyridine rings is 1. The summed E-state index contributed by atoms with van der Waals surface area (Å²) in [6.07, 6.45) is 6.41. The molecule has 2 N–H and O–H groups in total. The van der Waals surface area contributed by atoms with E-state index in [1.807, 2.05) is 0 Å². The molecule has 0 unspecified atom stereocenters. The van der Waals surface area contributed by atoms with Crippen LogP contribution in [0.2, 0.25) is 5.02 Å². The fourth-order valence-corrected chi connectivity index (χ4v) is 1.62. The van der Waals surface area contributed by atoms with Crippen LogP contribution in [-0.2, 0) is 6.54 Å². The Bertz CT molecular complexity index is 318. The molecule has 0 bridgehead atoms. The maximum atomic E-state index is 6.01. The summed E-state index contributed by atoms with van der Waals surface area (Å²) in [4.78, 5) is 4.13. The van der Waals surface area contributed by atoms with Crippen molar-refractivity contribution < 1.29 is 4.74 Å². The van der Waals surface area contributed by atoms with Gasteiger partial charge in [-0.2, -0.15) is 0 Å². The minimum atomic E-state index is 0.448. The van der Waals surface area contributed by atoms with E-state index in [9.17, 15) is 0 Å². The van der Waals surface area contributed by atoms with Gasteiger partial charge in [-0.05, 0) is 18.1 Å². The normalized spacial score (nSPS) is 10.4. The van der Waals surface area contributed by atoms with Gasteiger partial charge in [0, 0.05) is 12.7 Å². The van der Waals surface area contributed by atoms with Crippen molar-refractivity contribution in [2.24, 2.45) is 5.73 Å². The number of unbranched alkanes of at least 4 members (excludes halogenated alkanes) is 3. The molecule has 0 aliphatic rings. The zero-order valence-corrected chi connectivity index (χ0v) is 10.5. The standard InChI is InChI=1S/C12H19ClN2O/c1-2-3-4-5-6-16-12-11(13)7-10(8-14)9-15-12/h7,9H,2-6,8,14H2,1H3. The summed E-state index contributed by atoms with van der Waals surface area (Å²) in [5.74, 6) is 0.510. The highest BCUT2D eigenvalue weighted by atomic mass is 35.5. The van der Waals surface area contributed by atoms with Crippen molar-refractivity contribution >= 4 is 11.6 Å². The van der Waals surface area contributed by atoms with Crippen molar-refractivity contribution in [3.63, 3.8) is 0 Å². The topological polar surface area (TPSA) is 48.1 Å². The molecule has 0 saturated heterocycles. The van der Waals surface area contributed by atoms with E-state index in [4.69, 9.17) is 22.1 Å². The van der Waals surface area contributed by atoms with Crippen LogP contribution in [0.15, 0.2) is 12.3 Å². The van der Waals surface area contributed by atoms with Crippen molar-refractivity contribution in [2.75, 3.05) is 6.61 Å².